The molecule has 0 aromatic heterocycles. The zero-order valence-electron chi connectivity index (χ0n) is 12.4. The Hall–Kier alpha value is -0.990. The first-order valence-corrected chi connectivity index (χ1v) is 8.73. The summed E-state index contributed by atoms with van der Waals surface area (Å²) in [6.45, 7) is 3.41. The zero-order valence-corrected chi connectivity index (χ0v) is 13.2. The first-order valence-electron chi connectivity index (χ1n) is 7.50. The number of hydrogen-bond donors (Lipinski definition) is 1. The highest BCUT2D eigenvalue weighted by Crippen LogP contribution is 2.42. The molecule has 0 aliphatic heterocycles. The third-order valence-corrected chi connectivity index (χ3v) is 6.14. The lowest BCUT2D eigenvalue weighted by molar-refractivity contribution is 0.335. The van der Waals surface area contributed by atoms with Gasteiger partial charge in [0.25, 0.3) is 0 Å². The Morgan fingerprint density at radius 1 is 1.15 bits per heavy atom. The molecular weight excluding hydrogens is 262 g/mol. The van der Waals surface area contributed by atoms with E-state index in [9.17, 15) is 0 Å². The van der Waals surface area contributed by atoms with Crippen molar-refractivity contribution in [1.29, 1.82) is 0 Å². The molecule has 1 aliphatic rings. The van der Waals surface area contributed by atoms with Crippen molar-refractivity contribution in [3.63, 3.8) is 0 Å². The minimum absolute atomic E-state index is 0.408. The second-order valence-corrected chi connectivity index (χ2v) is 7.19. The van der Waals surface area contributed by atoms with Gasteiger partial charge in [0.15, 0.2) is 0 Å². The Morgan fingerprint density at radius 3 is 2.60 bits per heavy atom. The molecule has 0 radical (unpaired) electrons. The normalized spacial score (nSPS) is 18.7. The number of fused-ring (bicyclic) bond motifs is 1. The molecule has 1 fully saturated rings. The second kappa shape index (κ2) is 5.79. The predicted octanol–water partition coefficient (Wildman–Crippen LogP) is 4.78. The first kappa shape index (κ1) is 14.0. The van der Waals surface area contributed by atoms with Crippen LogP contribution in [-0.2, 0) is 0 Å². The summed E-state index contributed by atoms with van der Waals surface area (Å²) in [5.74, 6) is 0. The molecule has 1 atom stereocenters. The lowest BCUT2D eigenvalue weighted by atomic mass is 9.84. The van der Waals surface area contributed by atoms with E-state index in [1.807, 2.05) is 11.8 Å². The van der Waals surface area contributed by atoms with Crippen molar-refractivity contribution in [2.45, 2.75) is 37.0 Å². The number of nitrogens with one attached hydrogen (secondary N) is 1. The van der Waals surface area contributed by atoms with Crippen molar-refractivity contribution in [3.8, 4) is 0 Å². The van der Waals surface area contributed by atoms with Gasteiger partial charge in [0, 0.05) is 17.3 Å². The number of hydrogen-bond acceptors (Lipinski definition) is 2. The van der Waals surface area contributed by atoms with Crippen LogP contribution in [0.1, 0.15) is 37.8 Å². The molecule has 1 saturated carbocycles. The van der Waals surface area contributed by atoms with Crippen molar-refractivity contribution >= 4 is 22.5 Å². The summed E-state index contributed by atoms with van der Waals surface area (Å²) in [5, 5.41) is 6.48. The molecule has 106 valence electrons. The Balaban J connectivity index is 1.77. The van der Waals surface area contributed by atoms with E-state index in [2.05, 4.69) is 61.0 Å². The molecule has 0 saturated heterocycles. The number of rotatable bonds is 5. The third kappa shape index (κ3) is 2.59. The molecule has 2 heteroatoms. The minimum atomic E-state index is 0.408. The van der Waals surface area contributed by atoms with E-state index >= 15 is 0 Å². The second-order valence-electron chi connectivity index (χ2n) is 5.91. The molecule has 2 aromatic carbocycles. The van der Waals surface area contributed by atoms with Crippen LogP contribution in [0.2, 0.25) is 0 Å². The van der Waals surface area contributed by atoms with Crippen molar-refractivity contribution in [1.82, 2.24) is 5.32 Å². The van der Waals surface area contributed by atoms with Gasteiger partial charge in [-0.25, -0.2) is 0 Å². The lowest BCUT2D eigenvalue weighted by Gasteiger charge is -2.41. The van der Waals surface area contributed by atoms with Crippen molar-refractivity contribution < 1.29 is 0 Å². The topological polar surface area (TPSA) is 12.0 Å². The van der Waals surface area contributed by atoms with E-state index in [4.69, 9.17) is 0 Å². The maximum atomic E-state index is 3.76. The van der Waals surface area contributed by atoms with Crippen LogP contribution in [0.4, 0.5) is 0 Å². The van der Waals surface area contributed by atoms with E-state index in [0.29, 0.717) is 10.8 Å². The average molecular weight is 285 g/mol. The van der Waals surface area contributed by atoms with Crippen molar-refractivity contribution in [3.05, 3.63) is 48.0 Å². The van der Waals surface area contributed by atoms with Gasteiger partial charge in [-0.3, -0.25) is 0 Å². The quantitative estimate of drug-likeness (QED) is 0.848. The SMILES string of the molecule is CSC1(CNC(C)c2cccc3ccccc23)CCC1. The van der Waals surface area contributed by atoms with Gasteiger partial charge in [0.2, 0.25) is 0 Å². The van der Waals surface area contributed by atoms with Crippen molar-refractivity contribution in [2.75, 3.05) is 12.8 Å². The Morgan fingerprint density at radius 2 is 1.90 bits per heavy atom. The van der Waals surface area contributed by atoms with Crippen LogP contribution in [0, 0.1) is 0 Å². The third-order valence-electron chi connectivity index (χ3n) is 4.72. The fourth-order valence-corrected chi connectivity index (χ4v) is 4.03. The van der Waals surface area contributed by atoms with Gasteiger partial charge in [-0.05, 0) is 42.4 Å². The summed E-state index contributed by atoms with van der Waals surface area (Å²) < 4.78 is 0.499. The average Bonchev–Trinajstić information content (AvgIpc) is 2.46. The molecule has 0 bridgehead atoms. The largest absolute Gasteiger partial charge is 0.309 e. The van der Waals surface area contributed by atoms with Gasteiger partial charge in [-0.2, -0.15) is 11.8 Å². The molecule has 20 heavy (non-hydrogen) atoms. The maximum absolute atomic E-state index is 3.76. The molecule has 1 unspecified atom stereocenters. The molecule has 2 aromatic rings. The molecule has 1 N–H and O–H groups in total. The summed E-state index contributed by atoms with van der Waals surface area (Å²) in [6, 6.07) is 15.7. The first-order chi connectivity index (χ1) is 9.74. The van der Waals surface area contributed by atoms with Gasteiger partial charge in [0.1, 0.15) is 0 Å². The van der Waals surface area contributed by atoms with Gasteiger partial charge >= 0.3 is 0 Å². The van der Waals surface area contributed by atoms with Crippen molar-refractivity contribution in [2.24, 2.45) is 0 Å². The lowest BCUT2D eigenvalue weighted by Crippen LogP contribution is -2.44. The molecule has 0 spiro atoms. The van der Waals surface area contributed by atoms with Gasteiger partial charge < -0.3 is 5.32 Å². The fraction of sp³-hybridized carbons (Fsp3) is 0.444. The molecule has 0 heterocycles. The summed E-state index contributed by atoms with van der Waals surface area (Å²) in [4.78, 5) is 0. The van der Waals surface area contributed by atoms with E-state index in [-0.39, 0.29) is 0 Å². The van der Waals surface area contributed by atoms with E-state index in [0.717, 1.165) is 6.54 Å². The van der Waals surface area contributed by atoms with Crippen LogP contribution < -0.4 is 5.32 Å². The summed E-state index contributed by atoms with van der Waals surface area (Å²) in [6.07, 6.45) is 6.38. The summed E-state index contributed by atoms with van der Waals surface area (Å²) in [5.41, 5.74) is 1.42. The summed E-state index contributed by atoms with van der Waals surface area (Å²) >= 11 is 2.04. The monoisotopic (exact) mass is 285 g/mol. The molecule has 1 aliphatic carbocycles. The van der Waals surface area contributed by atoms with Crippen LogP contribution in [0.3, 0.4) is 0 Å². The van der Waals surface area contributed by atoms with E-state index in [1.165, 1.54) is 35.6 Å². The zero-order chi connectivity index (χ0) is 14.0. The van der Waals surface area contributed by atoms with Gasteiger partial charge in [-0.15, -0.1) is 0 Å². The van der Waals surface area contributed by atoms with Crippen LogP contribution in [-0.4, -0.2) is 17.5 Å². The standard InChI is InChI=1S/C18H23NS/c1-14(19-13-18(20-2)11-6-12-18)16-10-5-8-15-7-3-4-9-17(15)16/h3-5,7-10,14,19H,6,11-13H2,1-2H3. The van der Waals surface area contributed by atoms with Gasteiger partial charge in [0.05, 0.1) is 0 Å². The highest BCUT2D eigenvalue weighted by molar-refractivity contribution is 8.00. The highest BCUT2D eigenvalue weighted by Gasteiger charge is 2.36. The number of thioether (sulfide) groups is 1. The maximum Gasteiger partial charge on any atom is 0.0298 e. The molecular formula is C18H23NS. The molecule has 3 rings (SSSR count). The van der Waals surface area contributed by atoms with Crippen LogP contribution >= 0.6 is 11.8 Å². The Bertz CT molecular complexity index is 578. The smallest absolute Gasteiger partial charge is 0.0298 e. The van der Waals surface area contributed by atoms with E-state index < -0.39 is 0 Å². The fourth-order valence-electron chi connectivity index (χ4n) is 3.10. The van der Waals surface area contributed by atoms with Crippen LogP contribution in [0.15, 0.2) is 42.5 Å². The molecule has 0 amide bonds. The van der Waals surface area contributed by atoms with Crippen LogP contribution in [0.5, 0.6) is 0 Å². The van der Waals surface area contributed by atoms with Gasteiger partial charge in [-0.1, -0.05) is 48.9 Å². The summed E-state index contributed by atoms with van der Waals surface area (Å²) in [7, 11) is 0. The van der Waals surface area contributed by atoms with E-state index in [1.54, 1.807) is 0 Å². The highest BCUT2D eigenvalue weighted by atomic mass is 32.2. The van der Waals surface area contributed by atoms with Crippen LogP contribution in [0.25, 0.3) is 10.8 Å². The Labute approximate surface area is 126 Å². The minimum Gasteiger partial charge on any atom is -0.309 e. The number of benzene rings is 2. The molecule has 1 nitrogen and oxygen atoms in total. The Kier molecular flexibility index (Phi) is 4.04. The predicted molar refractivity (Wildman–Crippen MR) is 90.5 cm³/mol.